The smallest absolute Gasteiger partial charge is 0.192 e. The summed E-state index contributed by atoms with van der Waals surface area (Å²) in [6.45, 7) is 0. The molecule has 0 aromatic heterocycles. The van der Waals surface area contributed by atoms with Gasteiger partial charge >= 0.3 is 0 Å². The van der Waals surface area contributed by atoms with Crippen molar-refractivity contribution in [1.82, 2.24) is 0 Å². The SMILES string of the molecule is COc1ccc(CS(=O)(=O)/C(C#N)=C/c2c(OC)cc(OC)cc2OC)cc1. The van der Waals surface area contributed by atoms with Gasteiger partial charge in [-0.1, -0.05) is 12.1 Å². The number of methoxy groups -OCH3 is 4. The van der Waals surface area contributed by atoms with Crippen molar-refractivity contribution in [3.05, 3.63) is 52.4 Å². The summed E-state index contributed by atoms with van der Waals surface area (Å²) in [5.74, 6) is 1.42. The molecule has 2 aromatic carbocycles. The summed E-state index contributed by atoms with van der Waals surface area (Å²) < 4.78 is 46.4. The van der Waals surface area contributed by atoms with Crippen LogP contribution in [0.3, 0.4) is 0 Å². The van der Waals surface area contributed by atoms with Crippen molar-refractivity contribution in [2.75, 3.05) is 28.4 Å². The maximum atomic E-state index is 12.8. The summed E-state index contributed by atoms with van der Waals surface area (Å²) in [6, 6.07) is 11.5. The lowest BCUT2D eigenvalue weighted by Crippen LogP contribution is -2.07. The average molecular weight is 403 g/mol. The number of hydrogen-bond donors (Lipinski definition) is 0. The van der Waals surface area contributed by atoms with Gasteiger partial charge in [0.1, 0.15) is 34.0 Å². The molecule has 0 bridgehead atoms. The topological polar surface area (TPSA) is 94.9 Å². The lowest BCUT2D eigenvalue weighted by Gasteiger charge is -2.13. The van der Waals surface area contributed by atoms with Crippen LogP contribution in [-0.4, -0.2) is 36.9 Å². The predicted molar refractivity (Wildman–Crippen MR) is 105 cm³/mol. The summed E-state index contributed by atoms with van der Waals surface area (Å²) in [5.41, 5.74) is 0.872. The molecule has 0 aliphatic heterocycles. The van der Waals surface area contributed by atoms with Gasteiger partial charge in [-0.25, -0.2) is 8.42 Å². The third-order valence-electron chi connectivity index (χ3n) is 3.99. The molecule has 2 rings (SSSR count). The van der Waals surface area contributed by atoms with E-state index in [2.05, 4.69) is 0 Å². The number of nitriles is 1. The lowest BCUT2D eigenvalue weighted by atomic mass is 10.1. The summed E-state index contributed by atoms with van der Waals surface area (Å²) in [5, 5.41) is 9.49. The molecule has 0 spiro atoms. The molecule has 0 radical (unpaired) electrons. The molecule has 0 atom stereocenters. The van der Waals surface area contributed by atoms with Crippen LogP contribution in [-0.2, 0) is 15.6 Å². The molecule has 148 valence electrons. The van der Waals surface area contributed by atoms with Crippen LogP contribution in [0.15, 0.2) is 41.3 Å². The van der Waals surface area contributed by atoms with E-state index in [4.69, 9.17) is 18.9 Å². The fourth-order valence-corrected chi connectivity index (χ4v) is 3.74. The van der Waals surface area contributed by atoms with Crippen LogP contribution in [0.25, 0.3) is 6.08 Å². The van der Waals surface area contributed by atoms with Crippen molar-refractivity contribution in [3.63, 3.8) is 0 Å². The number of hydrogen-bond acceptors (Lipinski definition) is 7. The van der Waals surface area contributed by atoms with Crippen molar-refractivity contribution in [2.24, 2.45) is 0 Å². The monoisotopic (exact) mass is 403 g/mol. The first kappa shape index (κ1) is 21.1. The first-order valence-corrected chi connectivity index (χ1v) is 9.81. The summed E-state index contributed by atoms with van der Waals surface area (Å²) in [6.07, 6.45) is 1.25. The van der Waals surface area contributed by atoms with Gasteiger partial charge in [0.05, 0.1) is 39.8 Å². The van der Waals surface area contributed by atoms with Crippen LogP contribution in [0, 0.1) is 11.3 Å². The van der Waals surface area contributed by atoms with Gasteiger partial charge in [0.15, 0.2) is 9.84 Å². The Balaban J connectivity index is 2.48. The second-order valence-electron chi connectivity index (χ2n) is 5.67. The van der Waals surface area contributed by atoms with Gasteiger partial charge in [-0.15, -0.1) is 0 Å². The Morgan fingerprint density at radius 1 is 0.929 bits per heavy atom. The van der Waals surface area contributed by atoms with E-state index in [1.165, 1.54) is 34.5 Å². The first-order chi connectivity index (χ1) is 13.4. The maximum absolute atomic E-state index is 12.8. The fraction of sp³-hybridized carbons (Fsp3) is 0.250. The van der Waals surface area contributed by atoms with Crippen LogP contribution in [0.2, 0.25) is 0 Å². The van der Waals surface area contributed by atoms with Crippen molar-refractivity contribution < 1.29 is 27.4 Å². The number of nitrogens with zero attached hydrogens (tertiary/aromatic N) is 1. The molecular weight excluding hydrogens is 382 g/mol. The highest BCUT2D eigenvalue weighted by Crippen LogP contribution is 2.36. The van der Waals surface area contributed by atoms with E-state index in [1.54, 1.807) is 42.5 Å². The maximum Gasteiger partial charge on any atom is 0.192 e. The minimum absolute atomic E-state index is 0.322. The Hall–Kier alpha value is -3.18. The zero-order chi connectivity index (χ0) is 20.7. The number of benzene rings is 2. The molecule has 0 amide bonds. The third-order valence-corrected chi connectivity index (χ3v) is 5.58. The Morgan fingerprint density at radius 2 is 1.46 bits per heavy atom. The highest BCUT2D eigenvalue weighted by Gasteiger charge is 2.21. The molecule has 8 heteroatoms. The van der Waals surface area contributed by atoms with Gasteiger partial charge in [0, 0.05) is 12.1 Å². The van der Waals surface area contributed by atoms with Crippen molar-refractivity contribution >= 4 is 15.9 Å². The predicted octanol–water partition coefficient (Wildman–Crippen LogP) is 3.20. The third kappa shape index (κ3) is 4.75. The Morgan fingerprint density at radius 3 is 1.89 bits per heavy atom. The minimum Gasteiger partial charge on any atom is -0.497 e. The first-order valence-electron chi connectivity index (χ1n) is 8.16. The molecule has 0 aliphatic carbocycles. The van der Waals surface area contributed by atoms with Gasteiger partial charge in [-0.05, 0) is 23.8 Å². The molecule has 0 heterocycles. The highest BCUT2D eigenvalue weighted by molar-refractivity contribution is 7.95. The van der Waals surface area contributed by atoms with Gasteiger partial charge in [-0.2, -0.15) is 5.26 Å². The summed E-state index contributed by atoms with van der Waals surface area (Å²) in [7, 11) is 1.99. The normalized spacial score (nSPS) is 11.5. The standard InChI is InChI=1S/C20H21NO6S/c1-24-15-7-5-14(6-8-15)13-28(22,23)17(12-21)11-18-19(26-3)9-16(25-2)10-20(18)27-4/h5-11H,13H2,1-4H3/b17-11+. The number of sulfone groups is 1. The van der Waals surface area contributed by atoms with E-state index < -0.39 is 14.7 Å². The average Bonchev–Trinajstić information content (AvgIpc) is 2.71. The van der Waals surface area contributed by atoms with Gasteiger partial charge in [0.2, 0.25) is 0 Å². The fourth-order valence-electron chi connectivity index (χ4n) is 2.52. The van der Waals surface area contributed by atoms with E-state index >= 15 is 0 Å². The summed E-state index contributed by atoms with van der Waals surface area (Å²) in [4.78, 5) is -0.398. The molecule has 2 aromatic rings. The number of rotatable bonds is 8. The Labute approximate surface area is 164 Å². The van der Waals surface area contributed by atoms with Crippen LogP contribution < -0.4 is 18.9 Å². The van der Waals surface area contributed by atoms with Gasteiger partial charge < -0.3 is 18.9 Å². The van der Waals surface area contributed by atoms with Crippen LogP contribution in [0.5, 0.6) is 23.0 Å². The Bertz CT molecular complexity index is 979. The molecule has 0 saturated heterocycles. The van der Waals surface area contributed by atoms with E-state index in [0.29, 0.717) is 34.1 Å². The van der Waals surface area contributed by atoms with Crippen LogP contribution in [0.1, 0.15) is 11.1 Å². The number of ether oxygens (including phenoxy) is 4. The highest BCUT2D eigenvalue weighted by atomic mass is 32.2. The second kappa shape index (κ2) is 9.15. The molecule has 0 aliphatic rings. The minimum atomic E-state index is -3.89. The molecule has 7 nitrogen and oxygen atoms in total. The molecule has 0 N–H and O–H groups in total. The van der Waals surface area contributed by atoms with Crippen molar-refractivity contribution in [1.29, 1.82) is 5.26 Å². The van der Waals surface area contributed by atoms with Crippen molar-refractivity contribution in [3.8, 4) is 29.1 Å². The van der Waals surface area contributed by atoms with Crippen LogP contribution >= 0.6 is 0 Å². The molecule has 0 unspecified atom stereocenters. The van der Waals surface area contributed by atoms with E-state index in [-0.39, 0.29) is 5.75 Å². The van der Waals surface area contributed by atoms with Gasteiger partial charge in [-0.3, -0.25) is 0 Å². The molecule has 28 heavy (non-hydrogen) atoms. The molecule has 0 fully saturated rings. The Kier molecular flexibility index (Phi) is 6.90. The quantitative estimate of drug-likeness (QED) is 0.625. The summed E-state index contributed by atoms with van der Waals surface area (Å²) >= 11 is 0. The molecular formula is C20H21NO6S. The van der Waals surface area contributed by atoms with Crippen LogP contribution in [0.4, 0.5) is 0 Å². The van der Waals surface area contributed by atoms with Crippen molar-refractivity contribution in [2.45, 2.75) is 5.75 Å². The lowest BCUT2D eigenvalue weighted by molar-refractivity contribution is 0.374. The van der Waals surface area contributed by atoms with E-state index in [0.717, 1.165) is 0 Å². The zero-order valence-corrected chi connectivity index (χ0v) is 16.9. The largest absolute Gasteiger partial charge is 0.497 e. The number of allylic oxidation sites excluding steroid dienone is 1. The van der Waals surface area contributed by atoms with Gasteiger partial charge in [0.25, 0.3) is 0 Å². The second-order valence-corrected chi connectivity index (χ2v) is 7.63. The van der Waals surface area contributed by atoms with E-state index in [1.807, 2.05) is 0 Å². The zero-order valence-electron chi connectivity index (χ0n) is 16.1. The van der Waals surface area contributed by atoms with E-state index in [9.17, 15) is 13.7 Å². The molecule has 0 saturated carbocycles.